The molecule has 4 fully saturated rings. The number of ether oxygens (including phenoxy) is 1. The summed E-state index contributed by atoms with van der Waals surface area (Å²) >= 11 is 0. The van der Waals surface area contributed by atoms with E-state index < -0.39 is 25.0 Å². The van der Waals surface area contributed by atoms with Gasteiger partial charge in [0.1, 0.15) is 0 Å². The van der Waals surface area contributed by atoms with E-state index in [2.05, 4.69) is 79.7 Å². The molecule has 41 heavy (non-hydrogen) atoms. The molecule has 0 bridgehead atoms. The highest BCUT2D eigenvalue weighted by Crippen LogP contribution is 2.69. The lowest BCUT2D eigenvalue weighted by Crippen LogP contribution is -2.64. The van der Waals surface area contributed by atoms with Crippen LogP contribution in [0.1, 0.15) is 72.1 Å². The molecule has 0 aromatic heterocycles. The molecule has 5 unspecified atom stereocenters. The number of fused-ring (bicyclic) bond motifs is 5. The number of carbonyl (C=O) groups is 1. The molecular formula is C33H64O5Si3. The summed E-state index contributed by atoms with van der Waals surface area (Å²) in [6, 6.07) is 0. The van der Waals surface area contributed by atoms with Crippen LogP contribution in [0.25, 0.3) is 0 Å². The molecule has 0 heterocycles. The maximum atomic E-state index is 12.4. The van der Waals surface area contributed by atoms with Crippen LogP contribution < -0.4 is 0 Å². The lowest BCUT2D eigenvalue weighted by molar-refractivity contribution is -0.199. The highest BCUT2D eigenvalue weighted by Gasteiger charge is 2.67. The summed E-state index contributed by atoms with van der Waals surface area (Å²) in [4.78, 5) is 12.4. The van der Waals surface area contributed by atoms with Crippen LogP contribution in [-0.2, 0) is 22.8 Å². The Bertz CT molecular complexity index is 939. The van der Waals surface area contributed by atoms with Crippen molar-refractivity contribution < 1.29 is 22.8 Å². The van der Waals surface area contributed by atoms with E-state index >= 15 is 0 Å². The molecular weight excluding hydrogens is 561 g/mol. The summed E-state index contributed by atoms with van der Waals surface area (Å²) < 4.78 is 26.4. The monoisotopic (exact) mass is 624 g/mol. The van der Waals surface area contributed by atoms with Crippen LogP contribution in [0, 0.1) is 46.3 Å². The summed E-state index contributed by atoms with van der Waals surface area (Å²) in [5.41, 5.74) is 0.360. The second-order valence-electron chi connectivity index (χ2n) is 17.9. The molecule has 4 aliphatic rings. The van der Waals surface area contributed by atoms with Crippen molar-refractivity contribution in [3.05, 3.63) is 0 Å². The standard InChI is InChI=1S/C33H64O5Si3/c1-22(18-30(34)35-4)25-14-15-26-31-27(21-29(33(25,26)3)38-41(11,12)13)32(2)17-16-24(36-39(5,6)7)19-23(32)20-28(31)37-40(8,9)10/h22-29,31H,14-21H2,1-13H3/t22-,23?,24-,25?,26?,27?,28-,29+,31?,32+,33-/m1/s1. The maximum absolute atomic E-state index is 12.4. The zero-order valence-corrected chi connectivity index (χ0v) is 31.9. The van der Waals surface area contributed by atoms with Crippen molar-refractivity contribution in [3.8, 4) is 0 Å². The lowest BCUT2D eigenvalue weighted by atomic mass is 9.43. The molecule has 4 rings (SSSR count). The first-order valence-electron chi connectivity index (χ1n) is 16.8. The van der Waals surface area contributed by atoms with Gasteiger partial charge in [-0.1, -0.05) is 20.8 Å². The first-order valence-corrected chi connectivity index (χ1v) is 27.0. The molecule has 8 heteroatoms. The fraction of sp³-hybridized carbons (Fsp3) is 0.970. The predicted octanol–water partition coefficient (Wildman–Crippen LogP) is 8.72. The van der Waals surface area contributed by atoms with E-state index in [1.807, 2.05) is 0 Å². The van der Waals surface area contributed by atoms with Crippen molar-refractivity contribution in [1.29, 1.82) is 0 Å². The summed E-state index contributed by atoms with van der Waals surface area (Å²) in [6.07, 6.45) is 9.85. The van der Waals surface area contributed by atoms with Gasteiger partial charge in [0.25, 0.3) is 0 Å². The third-order valence-electron chi connectivity index (χ3n) is 11.7. The van der Waals surface area contributed by atoms with Crippen molar-refractivity contribution >= 4 is 30.9 Å². The van der Waals surface area contributed by atoms with Gasteiger partial charge in [0.05, 0.1) is 13.2 Å². The highest BCUT2D eigenvalue weighted by molar-refractivity contribution is 6.70. The molecule has 0 aromatic carbocycles. The second kappa shape index (κ2) is 11.7. The van der Waals surface area contributed by atoms with Gasteiger partial charge in [-0.2, -0.15) is 0 Å². The molecule has 0 amide bonds. The predicted molar refractivity (Wildman–Crippen MR) is 176 cm³/mol. The Morgan fingerprint density at radius 3 is 1.98 bits per heavy atom. The minimum absolute atomic E-state index is 0.0529. The fourth-order valence-electron chi connectivity index (χ4n) is 10.3. The lowest BCUT2D eigenvalue weighted by Gasteiger charge is -2.66. The van der Waals surface area contributed by atoms with Gasteiger partial charge in [0.2, 0.25) is 0 Å². The van der Waals surface area contributed by atoms with E-state index in [1.54, 1.807) is 0 Å². The number of hydrogen-bond donors (Lipinski definition) is 0. The van der Waals surface area contributed by atoms with E-state index in [0.717, 1.165) is 6.42 Å². The molecule has 0 N–H and O–H groups in total. The van der Waals surface area contributed by atoms with Crippen LogP contribution >= 0.6 is 0 Å². The van der Waals surface area contributed by atoms with Gasteiger partial charge in [0.15, 0.2) is 25.0 Å². The highest BCUT2D eigenvalue weighted by atomic mass is 28.4. The summed E-state index contributed by atoms with van der Waals surface area (Å²) in [7, 11) is -3.62. The van der Waals surface area contributed by atoms with Gasteiger partial charge < -0.3 is 18.0 Å². The largest absolute Gasteiger partial charge is 0.469 e. The Morgan fingerprint density at radius 2 is 1.41 bits per heavy atom. The summed E-state index contributed by atoms with van der Waals surface area (Å²) in [5, 5.41) is 0. The summed E-state index contributed by atoms with van der Waals surface area (Å²) in [6.45, 7) is 28.7. The van der Waals surface area contributed by atoms with E-state index in [1.165, 1.54) is 45.6 Å². The Morgan fingerprint density at radius 1 is 0.805 bits per heavy atom. The van der Waals surface area contributed by atoms with Crippen LogP contribution in [-0.4, -0.2) is 56.3 Å². The van der Waals surface area contributed by atoms with Crippen molar-refractivity contribution in [2.45, 2.75) is 149 Å². The third-order valence-corrected chi connectivity index (χ3v) is 14.7. The Hall–Kier alpha value is 0.000649. The van der Waals surface area contributed by atoms with Crippen LogP contribution in [0.2, 0.25) is 58.9 Å². The van der Waals surface area contributed by atoms with Crippen molar-refractivity contribution in [3.63, 3.8) is 0 Å². The van der Waals surface area contributed by atoms with E-state index in [9.17, 15) is 4.79 Å². The van der Waals surface area contributed by atoms with Gasteiger partial charge in [-0.05, 0) is 150 Å². The normalized spacial score (nSPS) is 42.2. The molecule has 0 spiro atoms. The van der Waals surface area contributed by atoms with Gasteiger partial charge in [-0.25, -0.2) is 0 Å². The van der Waals surface area contributed by atoms with Gasteiger partial charge in [0, 0.05) is 18.6 Å². The molecule has 0 aromatic rings. The van der Waals surface area contributed by atoms with E-state index in [0.29, 0.717) is 59.6 Å². The van der Waals surface area contributed by atoms with E-state index in [4.69, 9.17) is 18.0 Å². The smallest absolute Gasteiger partial charge is 0.305 e. The van der Waals surface area contributed by atoms with Crippen molar-refractivity contribution in [1.82, 2.24) is 0 Å². The average molecular weight is 625 g/mol. The number of carbonyl (C=O) groups excluding carboxylic acids is 1. The van der Waals surface area contributed by atoms with Crippen molar-refractivity contribution in [2.24, 2.45) is 46.3 Å². The van der Waals surface area contributed by atoms with Gasteiger partial charge in [-0.3, -0.25) is 4.79 Å². The number of hydrogen-bond acceptors (Lipinski definition) is 5. The Kier molecular flexibility index (Phi) is 9.70. The Balaban J connectivity index is 1.75. The number of methoxy groups -OCH3 is 1. The molecule has 5 nitrogen and oxygen atoms in total. The average Bonchev–Trinajstić information content (AvgIpc) is 3.16. The Labute approximate surface area is 256 Å². The number of esters is 1. The van der Waals surface area contributed by atoms with Crippen LogP contribution in [0.3, 0.4) is 0 Å². The first kappa shape index (κ1) is 33.9. The summed E-state index contributed by atoms with van der Waals surface area (Å²) in [5.74, 6) is 3.08. The second-order valence-corrected chi connectivity index (χ2v) is 31.3. The van der Waals surface area contributed by atoms with Crippen LogP contribution in [0.4, 0.5) is 0 Å². The van der Waals surface area contributed by atoms with Crippen LogP contribution in [0.5, 0.6) is 0 Å². The SMILES string of the molecule is COC(=O)C[C@@H](C)C1CCC2C3C(C[C@H](O[Si](C)(C)C)[C@@]21C)[C@@]1(C)CC[C@@H](O[Si](C)(C)C)CC1C[C@H]3O[Si](C)(C)C. The third kappa shape index (κ3) is 7.13. The molecule has 4 saturated carbocycles. The molecule has 0 radical (unpaired) electrons. The van der Waals surface area contributed by atoms with Crippen LogP contribution in [0.15, 0.2) is 0 Å². The zero-order chi connectivity index (χ0) is 30.8. The van der Waals surface area contributed by atoms with Crippen molar-refractivity contribution in [2.75, 3.05) is 7.11 Å². The zero-order valence-electron chi connectivity index (χ0n) is 28.9. The molecule has 0 saturated heterocycles. The molecule has 4 aliphatic carbocycles. The molecule has 238 valence electrons. The topological polar surface area (TPSA) is 54.0 Å². The van der Waals surface area contributed by atoms with Gasteiger partial charge in [-0.15, -0.1) is 0 Å². The molecule has 0 aliphatic heterocycles. The minimum Gasteiger partial charge on any atom is -0.469 e. The molecule has 11 atom stereocenters. The number of rotatable bonds is 9. The minimum atomic E-state index is -1.80. The quantitative estimate of drug-likeness (QED) is 0.190. The first-order chi connectivity index (χ1) is 18.7. The van der Waals surface area contributed by atoms with E-state index in [-0.39, 0.29) is 17.5 Å². The maximum Gasteiger partial charge on any atom is 0.305 e. The van der Waals surface area contributed by atoms with Gasteiger partial charge >= 0.3 is 5.97 Å². The fourth-order valence-corrected chi connectivity index (χ4v) is 13.9.